The lowest BCUT2D eigenvalue weighted by atomic mass is 10.0. The molecule has 1 N–H and O–H groups in total. The van der Waals surface area contributed by atoms with E-state index in [4.69, 9.17) is 18.9 Å². The van der Waals surface area contributed by atoms with E-state index in [0.717, 1.165) is 24.0 Å². The number of methoxy groups -OCH3 is 1. The lowest BCUT2D eigenvalue weighted by molar-refractivity contribution is -0.141. The molecule has 3 aliphatic rings. The number of fused-ring (bicyclic) bond motifs is 2. The number of esters is 2. The molecule has 35 heavy (non-hydrogen) atoms. The van der Waals surface area contributed by atoms with Gasteiger partial charge >= 0.3 is 11.9 Å². The van der Waals surface area contributed by atoms with Crippen LogP contribution in [0.3, 0.4) is 0 Å². The summed E-state index contributed by atoms with van der Waals surface area (Å²) in [6, 6.07) is 11.2. The van der Waals surface area contributed by atoms with Gasteiger partial charge in [0.05, 0.1) is 25.9 Å². The van der Waals surface area contributed by atoms with Crippen molar-refractivity contribution in [2.24, 2.45) is 0 Å². The largest absolute Gasteiger partial charge is 0.497 e. The molecule has 0 radical (unpaired) electrons. The molecule has 0 bridgehead atoms. The van der Waals surface area contributed by atoms with E-state index in [1.807, 2.05) is 24.3 Å². The van der Waals surface area contributed by atoms with Gasteiger partial charge in [-0.05, 0) is 49.6 Å². The highest BCUT2D eigenvalue weighted by atomic mass is 16.6. The molecule has 184 valence electrons. The topological polar surface area (TPSA) is 106 Å². The van der Waals surface area contributed by atoms with Gasteiger partial charge in [0, 0.05) is 18.3 Å². The van der Waals surface area contributed by atoms with E-state index in [0.29, 0.717) is 23.6 Å². The van der Waals surface area contributed by atoms with E-state index < -0.39 is 29.6 Å². The third-order valence-electron chi connectivity index (χ3n) is 6.70. The molecular weight excluding hydrogens is 452 g/mol. The third kappa shape index (κ3) is 4.43. The average Bonchev–Trinajstić information content (AvgIpc) is 3.77. The first-order valence-corrected chi connectivity index (χ1v) is 11.7. The van der Waals surface area contributed by atoms with Crippen LogP contribution in [-0.2, 0) is 23.8 Å². The molecule has 0 saturated carbocycles. The Balaban J connectivity index is 1.43. The van der Waals surface area contributed by atoms with Crippen LogP contribution in [0.2, 0.25) is 0 Å². The highest BCUT2D eigenvalue weighted by Gasteiger charge is 2.54. The minimum absolute atomic E-state index is 0.106. The number of allylic oxidation sites excluding steroid dienone is 1. The van der Waals surface area contributed by atoms with Gasteiger partial charge in [0.2, 0.25) is 6.10 Å². The number of carbonyl (C=O) groups is 3. The Labute approximate surface area is 202 Å². The molecule has 2 aromatic rings. The molecule has 3 fully saturated rings. The van der Waals surface area contributed by atoms with Crippen molar-refractivity contribution < 1.29 is 33.3 Å². The first-order valence-electron chi connectivity index (χ1n) is 11.7. The van der Waals surface area contributed by atoms with Crippen molar-refractivity contribution in [3.63, 3.8) is 0 Å². The molecule has 3 atom stereocenters. The maximum atomic E-state index is 13.4. The molecule has 3 aliphatic heterocycles. The number of hydrogen-bond donors (Lipinski definition) is 1. The highest BCUT2D eigenvalue weighted by Crippen LogP contribution is 2.40. The molecular formula is C26H28N2O7. The number of piperidine rings is 1. The fourth-order valence-corrected chi connectivity index (χ4v) is 4.57. The number of rotatable bonds is 8. The van der Waals surface area contributed by atoms with Crippen molar-refractivity contribution in [1.29, 1.82) is 0 Å². The van der Waals surface area contributed by atoms with Crippen molar-refractivity contribution in [2.75, 3.05) is 26.9 Å². The first kappa shape index (κ1) is 23.2. The van der Waals surface area contributed by atoms with Gasteiger partial charge in [-0.1, -0.05) is 24.3 Å². The van der Waals surface area contributed by atoms with Gasteiger partial charge in [0.1, 0.15) is 17.0 Å². The van der Waals surface area contributed by atoms with Crippen LogP contribution in [0.15, 0.2) is 47.8 Å². The Bertz CT molecular complexity index is 1230. The summed E-state index contributed by atoms with van der Waals surface area (Å²) in [5, 5.41) is 4.18. The highest BCUT2D eigenvalue weighted by molar-refractivity contribution is 6.06. The maximum absolute atomic E-state index is 13.4. The van der Waals surface area contributed by atoms with Crippen molar-refractivity contribution in [2.45, 2.75) is 44.4 Å². The number of carbonyl (C=O) groups excluding carboxylic acids is 3. The van der Waals surface area contributed by atoms with Crippen LogP contribution >= 0.6 is 0 Å². The van der Waals surface area contributed by atoms with Crippen molar-refractivity contribution in [3.05, 3.63) is 53.4 Å². The van der Waals surface area contributed by atoms with Gasteiger partial charge in [-0.15, -0.1) is 0 Å². The Morgan fingerprint density at radius 1 is 1.26 bits per heavy atom. The summed E-state index contributed by atoms with van der Waals surface area (Å²) in [6.45, 7) is 4.68. The van der Waals surface area contributed by atoms with Crippen LogP contribution in [0.5, 0.6) is 5.75 Å². The standard InChI is InChI=1S/C26H28N2O7/c1-4-33-25(31)21(20-10-9-16-13-28(16)20)27-23(29)22(26(2)14-34-26)35-24(30)19-12-17(32-3)11-15-7-5-6-8-18(15)19/h5-8,11-12,16,22H,4,9-10,13-14H2,1-3H3,(H,27,29)/b21-20+/t16-,22-,26+,28?/m1/s1. The smallest absolute Gasteiger partial charge is 0.356 e. The van der Waals surface area contributed by atoms with E-state index in [1.165, 1.54) is 7.11 Å². The summed E-state index contributed by atoms with van der Waals surface area (Å²) in [7, 11) is 1.52. The van der Waals surface area contributed by atoms with Gasteiger partial charge in [-0.3, -0.25) is 4.79 Å². The van der Waals surface area contributed by atoms with E-state index in [-0.39, 0.29) is 24.5 Å². The van der Waals surface area contributed by atoms with Gasteiger partial charge in [0.25, 0.3) is 5.91 Å². The molecule has 0 spiro atoms. The van der Waals surface area contributed by atoms with Crippen LogP contribution in [0.1, 0.15) is 37.0 Å². The second-order valence-corrected chi connectivity index (χ2v) is 9.16. The summed E-state index contributed by atoms with van der Waals surface area (Å²) < 4.78 is 21.8. The molecule has 2 aromatic carbocycles. The second-order valence-electron chi connectivity index (χ2n) is 9.16. The van der Waals surface area contributed by atoms with Crippen molar-refractivity contribution >= 4 is 28.6 Å². The van der Waals surface area contributed by atoms with E-state index in [2.05, 4.69) is 10.2 Å². The van der Waals surface area contributed by atoms with Gasteiger partial charge in [0.15, 0.2) is 0 Å². The van der Waals surface area contributed by atoms with Crippen molar-refractivity contribution in [1.82, 2.24) is 10.2 Å². The molecule has 0 unspecified atom stereocenters. The maximum Gasteiger partial charge on any atom is 0.356 e. The summed E-state index contributed by atoms with van der Waals surface area (Å²) >= 11 is 0. The fraction of sp³-hybridized carbons (Fsp3) is 0.423. The normalized spacial score (nSPS) is 24.3. The monoisotopic (exact) mass is 480 g/mol. The predicted octanol–water partition coefficient (Wildman–Crippen LogP) is 2.53. The average molecular weight is 481 g/mol. The van der Waals surface area contributed by atoms with Crippen LogP contribution in [0.25, 0.3) is 10.8 Å². The Morgan fingerprint density at radius 3 is 2.66 bits per heavy atom. The molecule has 0 aromatic heterocycles. The SMILES string of the molecule is CCOC(=O)/C(NC(=O)[C@@H](OC(=O)c1cc(OC)cc2ccccc12)[C@]1(C)CO1)=C1/CC[C@@H]2CN12. The van der Waals surface area contributed by atoms with Gasteiger partial charge < -0.3 is 29.2 Å². The van der Waals surface area contributed by atoms with Crippen LogP contribution in [0.4, 0.5) is 0 Å². The predicted molar refractivity (Wildman–Crippen MR) is 126 cm³/mol. The number of benzene rings is 2. The lowest BCUT2D eigenvalue weighted by Crippen LogP contribution is -2.47. The Kier molecular flexibility index (Phi) is 5.88. The summed E-state index contributed by atoms with van der Waals surface area (Å²) in [5.74, 6) is -1.43. The molecule has 5 rings (SSSR count). The second kappa shape index (κ2) is 8.88. The first-order chi connectivity index (χ1) is 16.8. The molecule has 3 heterocycles. The van der Waals surface area contributed by atoms with Crippen LogP contribution in [0, 0.1) is 0 Å². The fourth-order valence-electron chi connectivity index (χ4n) is 4.57. The summed E-state index contributed by atoms with van der Waals surface area (Å²) in [5.41, 5.74) is 0.145. The number of amides is 1. The molecule has 9 heteroatoms. The zero-order valence-corrected chi connectivity index (χ0v) is 20.0. The Hall–Kier alpha value is -3.59. The summed E-state index contributed by atoms with van der Waals surface area (Å²) in [6.07, 6.45) is 0.333. The number of epoxide rings is 1. The van der Waals surface area contributed by atoms with Gasteiger partial charge in [-0.25, -0.2) is 9.59 Å². The number of nitrogens with zero attached hydrogens (tertiary/aromatic N) is 1. The van der Waals surface area contributed by atoms with E-state index in [1.54, 1.807) is 26.0 Å². The van der Waals surface area contributed by atoms with Crippen LogP contribution in [-0.4, -0.2) is 67.4 Å². The van der Waals surface area contributed by atoms with Crippen molar-refractivity contribution in [3.8, 4) is 5.75 Å². The molecule has 1 amide bonds. The van der Waals surface area contributed by atoms with Gasteiger partial charge in [-0.2, -0.15) is 0 Å². The quantitative estimate of drug-likeness (QED) is 0.349. The number of nitrogens with one attached hydrogen (secondary N) is 1. The molecule has 3 saturated heterocycles. The third-order valence-corrected chi connectivity index (χ3v) is 6.70. The minimum Gasteiger partial charge on any atom is -0.497 e. The molecule has 9 nitrogen and oxygen atoms in total. The van der Waals surface area contributed by atoms with E-state index >= 15 is 0 Å². The van der Waals surface area contributed by atoms with E-state index in [9.17, 15) is 14.4 Å². The zero-order chi connectivity index (χ0) is 24.7. The van der Waals surface area contributed by atoms with Crippen LogP contribution < -0.4 is 10.1 Å². The number of hydrogen-bond acceptors (Lipinski definition) is 8. The lowest BCUT2D eigenvalue weighted by Gasteiger charge is -2.23. The zero-order valence-electron chi connectivity index (χ0n) is 20.0. The molecule has 0 aliphatic carbocycles. The minimum atomic E-state index is -1.27. The number of ether oxygens (including phenoxy) is 4. The summed E-state index contributed by atoms with van der Waals surface area (Å²) in [4.78, 5) is 41.5. The Morgan fingerprint density at radius 2 is 2.03 bits per heavy atom.